The van der Waals surface area contributed by atoms with E-state index in [0.717, 1.165) is 0 Å². The number of alkyl halides is 2. The standard InChI is InChI=1S/C7H11F2NO/c1-4-5(2-6(8)9)3-10-7(4)11/h4-6H,2-3H2,1H3,(H,10,11). The van der Waals surface area contributed by atoms with E-state index in [0.29, 0.717) is 6.54 Å². The molecule has 4 heteroatoms. The van der Waals surface area contributed by atoms with Gasteiger partial charge in [-0.05, 0) is 5.92 Å². The minimum absolute atomic E-state index is 0.101. The molecule has 0 saturated carbocycles. The van der Waals surface area contributed by atoms with Crippen LogP contribution in [0.2, 0.25) is 0 Å². The zero-order valence-corrected chi connectivity index (χ0v) is 6.31. The molecule has 1 amide bonds. The van der Waals surface area contributed by atoms with Crippen LogP contribution in [0.1, 0.15) is 13.3 Å². The van der Waals surface area contributed by atoms with E-state index in [1.807, 2.05) is 0 Å². The topological polar surface area (TPSA) is 29.1 Å². The highest BCUT2D eigenvalue weighted by molar-refractivity contribution is 5.80. The number of nitrogens with one attached hydrogen (secondary N) is 1. The number of amides is 1. The van der Waals surface area contributed by atoms with Gasteiger partial charge < -0.3 is 5.32 Å². The van der Waals surface area contributed by atoms with Gasteiger partial charge in [-0.15, -0.1) is 0 Å². The molecule has 2 nitrogen and oxygen atoms in total. The number of carbonyl (C=O) groups is 1. The zero-order valence-electron chi connectivity index (χ0n) is 6.31. The third-order valence-corrected chi connectivity index (χ3v) is 2.14. The van der Waals surface area contributed by atoms with Crippen LogP contribution in [0.3, 0.4) is 0 Å². The molecule has 0 aromatic rings. The average molecular weight is 163 g/mol. The van der Waals surface area contributed by atoms with E-state index in [1.165, 1.54) is 0 Å². The van der Waals surface area contributed by atoms with Crippen LogP contribution < -0.4 is 5.32 Å². The first-order valence-electron chi connectivity index (χ1n) is 3.67. The number of rotatable bonds is 2. The van der Waals surface area contributed by atoms with E-state index in [4.69, 9.17) is 0 Å². The van der Waals surface area contributed by atoms with Crippen LogP contribution in [-0.2, 0) is 4.79 Å². The van der Waals surface area contributed by atoms with Crippen LogP contribution in [0, 0.1) is 11.8 Å². The van der Waals surface area contributed by atoms with Crippen molar-refractivity contribution in [3.63, 3.8) is 0 Å². The molecule has 0 aliphatic carbocycles. The monoisotopic (exact) mass is 163 g/mol. The van der Waals surface area contributed by atoms with Crippen molar-refractivity contribution in [2.75, 3.05) is 6.54 Å². The lowest BCUT2D eigenvalue weighted by molar-refractivity contribution is -0.122. The number of carbonyl (C=O) groups excluding carboxylic acids is 1. The summed E-state index contributed by atoms with van der Waals surface area (Å²) in [5.41, 5.74) is 0. The Morgan fingerprint density at radius 3 is 2.73 bits per heavy atom. The first kappa shape index (κ1) is 8.43. The molecule has 0 spiro atoms. The van der Waals surface area contributed by atoms with Gasteiger partial charge in [0, 0.05) is 18.9 Å². The summed E-state index contributed by atoms with van der Waals surface area (Å²) < 4.78 is 23.7. The molecular weight excluding hydrogens is 152 g/mol. The predicted molar refractivity (Wildman–Crippen MR) is 36.3 cm³/mol. The molecule has 0 radical (unpaired) electrons. The second-order valence-electron chi connectivity index (χ2n) is 2.92. The number of hydrogen-bond donors (Lipinski definition) is 1. The molecule has 0 aromatic heterocycles. The van der Waals surface area contributed by atoms with Gasteiger partial charge in [0.2, 0.25) is 12.3 Å². The Balaban J connectivity index is 2.42. The van der Waals surface area contributed by atoms with Gasteiger partial charge in [0.1, 0.15) is 0 Å². The van der Waals surface area contributed by atoms with E-state index in [9.17, 15) is 13.6 Å². The van der Waals surface area contributed by atoms with Crippen molar-refractivity contribution in [2.24, 2.45) is 11.8 Å². The number of halogens is 2. The first-order valence-corrected chi connectivity index (χ1v) is 3.67. The molecule has 64 valence electrons. The first-order chi connectivity index (χ1) is 5.11. The van der Waals surface area contributed by atoms with Gasteiger partial charge in [0.25, 0.3) is 0 Å². The normalized spacial score (nSPS) is 31.1. The Bertz CT molecular complexity index is 161. The van der Waals surface area contributed by atoms with Gasteiger partial charge in [0.15, 0.2) is 0 Å². The van der Waals surface area contributed by atoms with Gasteiger partial charge in [0.05, 0.1) is 0 Å². The fourth-order valence-corrected chi connectivity index (χ4v) is 1.30. The second-order valence-corrected chi connectivity index (χ2v) is 2.92. The van der Waals surface area contributed by atoms with Crippen molar-refractivity contribution in [1.82, 2.24) is 5.32 Å². The summed E-state index contributed by atoms with van der Waals surface area (Å²) in [5.74, 6) is -0.526. The van der Waals surface area contributed by atoms with Crippen molar-refractivity contribution in [1.29, 1.82) is 0 Å². The molecular formula is C7H11F2NO. The summed E-state index contributed by atoms with van der Waals surface area (Å²) in [4.78, 5) is 10.8. The van der Waals surface area contributed by atoms with Crippen molar-refractivity contribution in [3.8, 4) is 0 Å². The van der Waals surface area contributed by atoms with Gasteiger partial charge in [-0.3, -0.25) is 4.79 Å². The highest BCUT2D eigenvalue weighted by atomic mass is 19.3. The van der Waals surface area contributed by atoms with Gasteiger partial charge in [-0.25, -0.2) is 8.78 Å². The van der Waals surface area contributed by atoms with Gasteiger partial charge in [-0.2, -0.15) is 0 Å². The van der Waals surface area contributed by atoms with E-state index < -0.39 is 6.43 Å². The average Bonchev–Trinajstić information content (AvgIpc) is 2.18. The van der Waals surface area contributed by atoms with Crippen LogP contribution in [0.5, 0.6) is 0 Å². The summed E-state index contributed by atoms with van der Waals surface area (Å²) in [6.45, 7) is 2.10. The molecule has 1 rings (SSSR count). The van der Waals surface area contributed by atoms with Crippen molar-refractivity contribution < 1.29 is 13.6 Å². The van der Waals surface area contributed by atoms with E-state index in [-0.39, 0.29) is 24.2 Å². The second kappa shape index (κ2) is 3.15. The van der Waals surface area contributed by atoms with Gasteiger partial charge >= 0.3 is 0 Å². The largest absolute Gasteiger partial charge is 0.356 e. The van der Waals surface area contributed by atoms with Crippen LogP contribution >= 0.6 is 0 Å². The Morgan fingerprint density at radius 1 is 1.73 bits per heavy atom. The lowest BCUT2D eigenvalue weighted by atomic mass is 9.95. The van der Waals surface area contributed by atoms with Crippen LogP contribution in [0.25, 0.3) is 0 Å². The Hall–Kier alpha value is -0.670. The Labute approximate surface area is 64.0 Å². The molecule has 1 saturated heterocycles. The molecule has 2 unspecified atom stereocenters. The number of hydrogen-bond acceptors (Lipinski definition) is 1. The van der Waals surface area contributed by atoms with Crippen LogP contribution in [0.15, 0.2) is 0 Å². The molecule has 1 fully saturated rings. The third-order valence-electron chi connectivity index (χ3n) is 2.14. The van der Waals surface area contributed by atoms with Gasteiger partial charge in [-0.1, -0.05) is 6.92 Å². The van der Waals surface area contributed by atoms with Crippen molar-refractivity contribution in [3.05, 3.63) is 0 Å². The quantitative estimate of drug-likeness (QED) is 0.647. The smallest absolute Gasteiger partial charge is 0.239 e. The molecule has 2 atom stereocenters. The summed E-state index contributed by atoms with van der Waals surface area (Å²) in [5, 5.41) is 2.55. The third kappa shape index (κ3) is 1.88. The zero-order chi connectivity index (χ0) is 8.43. The summed E-state index contributed by atoms with van der Waals surface area (Å²) in [6.07, 6.45) is -2.46. The SMILES string of the molecule is CC1C(=O)NCC1CC(F)F. The Morgan fingerprint density at radius 2 is 2.36 bits per heavy atom. The highest BCUT2D eigenvalue weighted by Crippen LogP contribution is 2.23. The highest BCUT2D eigenvalue weighted by Gasteiger charge is 2.32. The Kier molecular flexibility index (Phi) is 2.42. The van der Waals surface area contributed by atoms with Crippen molar-refractivity contribution in [2.45, 2.75) is 19.8 Å². The van der Waals surface area contributed by atoms with E-state index >= 15 is 0 Å². The molecule has 0 bridgehead atoms. The summed E-state index contributed by atoms with van der Waals surface area (Å²) >= 11 is 0. The van der Waals surface area contributed by atoms with Crippen LogP contribution in [0.4, 0.5) is 8.78 Å². The molecule has 11 heavy (non-hydrogen) atoms. The maximum Gasteiger partial charge on any atom is 0.239 e. The minimum Gasteiger partial charge on any atom is -0.356 e. The molecule has 1 aliphatic heterocycles. The van der Waals surface area contributed by atoms with Crippen molar-refractivity contribution >= 4 is 5.91 Å². The van der Waals surface area contributed by atoms with Crippen LogP contribution in [-0.4, -0.2) is 18.9 Å². The molecule has 0 aromatic carbocycles. The maximum absolute atomic E-state index is 11.8. The molecule has 1 N–H and O–H groups in total. The minimum atomic E-state index is -2.30. The lowest BCUT2D eigenvalue weighted by Gasteiger charge is -2.10. The van der Waals surface area contributed by atoms with E-state index in [2.05, 4.69) is 5.32 Å². The lowest BCUT2D eigenvalue weighted by Crippen LogP contribution is -2.17. The predicted octanol–water partition coefficient (Wildman–Crippen LogP) is 1.02. The fraction of sp³-hybridized carbons (Fsp3) is 0.857. The molecule has 1 heterocycles. The van der Waals surface area contributed by atoms with E-state index in [1.54, 1.807) is 6.92 Å². The molecule has 1 aliphatic rings. The maximum atomic E-state index is 11.8. The summed E-state index contributed by atoms with van der Waals surface area (Å²) in [7, 11) is 0. The fourth-order valence-electron chi connectivity index (χ4n) is 1.30. The summed E-state index contributed by atoms with van der Waals surface area (Å²) in [6, 6.07) is 0.